The lowest BCUT2D eigenvalue weighted by molar-refractivity contribution is 0.0218. The second kappa shape index (κ2) is 7.75. The van der Waals surface area contributed by atoms with Crippen molar-refractivity contribution in [2.24, 2.45) is 7.05 Å². The quantitative estimate of drug-likeness (QED) is 0.581. The summed E-state index contributed by atoms with van der Waals surface area (Å²) < 4.78 is 12.0. The average Bonchev–Trinajstić information content (AvgIpc) is 3.10. The molecule has 2 unspecified atom stereocenters. The van der Waals surface area contributed by atoms with Gasteiger partial charge in [0.25, 0.3) is 5.56 Å². The van der Waals surface area contributed by atoms with E-state index in [9.17, 15) is 24.3 Å². The third-order valence-corrected chi connectivity index (χ3v) is 5.08. The lowest BCUT2D eigenvalue weighted by atomic mass is 10.3. The molecule has 29 heavy (non-hydrogen) atoms. The second-order valence-electron chi connectivity index (χ2n) is 6.68. The monoisotopic (exact) mass is 412 g/mol. The van der Waals surface area contributed by atoms with Crippen LogP contribution in [0.5, 0.6) is 5.88 Å². The SMILES string of the molecule is CCN1C(=O)N(Cn2c(=O)cc(O)n(C)c2=O)C2C1N(COC)C(=O)N2COC. The van der Waals surface area contributed by atoms with Gasteiger partial charge in [-0.25, -0.2) is 19.0 Å². The van der Waals surface area contributed by atoms with Gasteiger partial charge < -0.3 is 19.5 Å². The molecule has 2 aliphatic rings. The fourth-order valence-corrected chi connectivity index (χ4v) is 3.71. The van der Waals surface area contributed by atoms with Crippen molar-refractivity contribution in [3.8, 4) is 5.88 Å². The van der Waals surface area contributed by atoms with Gasteiger partial charge in [0.15, 0.2) is 18.2 Å². The van der Waals surface area contributed by atoms with Crippen LogP contribution in [0.15, 0.2) is 15.7 Å². The maximum Gasteiger partial charge on any atom is 0.335 e. The molecule has 13 heteroatoms. The van der Waals surface area contributed by atoms with Gasteiger partial charge in [-0.15, -0.1) is 0 Å². The molecule has 1 aromatic rings. The van der Waals surface area contributed by atoms with E-state index in [4.69, 9.17) is 9.47 Å². The minimum Gasteiger partial charge on any atom is -0.494 e. The number of likely N-dealkylation sites (N-methyl/N-ethyl adjacent to an activating group) is 1. The molecule has 2 saturated heterocycles. The molecule has 2 fully saturated rings. The molecule has 1 aromatic heterocycles. The summed E-state index contributed by atoms with van der Waals surface area (Å²) in [5.74, 6) is -0.486. The molecule has 0 aliphatic carbocycles. The number of nitrogens with zero attached hydrogens (tertiary/aromatic N) is 6. The zero-order chi connectivity index (χ0) is 21.5. The highest BCUT2D eigenvalue weighted by molar-refractivity contribution is 5.85. The number of rotatable bonds is 7. The maximum atomic E-state index is 13.1. The van der Waals surface area contributed by atoms with Crippen LogP contribution >= 0.6 is 0 Å². The van der Waals surface area contributed by atoms with Gasteiger partial charge in [-0.2, -0.15) is 0 Å². The smallest absolute Gasteiger partial charge is 0.335 e. The van der Waals surface area contributed by atoms with Crippen LogP contribution in [0.3, 0.4) is 0 Å². The van der Waals surface area contributed by atoms with Crippen molar-refractivity contribution in [1.29, 1.82) is 0 Å². The number of carbonyl (C=O) groups excluding carboxylic acids is 2. The number of amides is 4. The van der Waals surface area contributed by atoms with Gasteiger partial charge >= 0.3 is 17.8 Å². The van der Waals surface area contributed by atoms with Gasteiger partial charge in [-0.3, -0.25) is 24.1 Å². The molecular weight excluding hydrogens is 388 g/mol. The molecular formula is C16H24N6O7. The topological polar surface area (TPSA) is 130 Å². The molecule has 0 saturated carbocycles. The van der Waals surface area contributed by atoms with Gasteiger partial charge in [-0.1, -0.05) is 0 Å². The molecule has 2 atom stereocenters. The van der Waals surface area contributed by atoms with Gasteiger partial charge in [0.1, 0.15) is 20.1 Å². The fraction of sp³-hybridized carbons (Fsp3) is 0.625. The summed E-state index contributed by atoms with van der Waals surface area (Å²) in [6, 6.07) is 0.0471. The first-order valence-corrected chi connectivity index (χ1v) is 8.90. The number of fused-ring (bicyclic) bond motifs is 1. The summed E-state index contributed by atoms with van der Waals surface area (Å²) in [5, 5.41) is 9.66. The van der Waals surface area contributed by atoms with E-state index in [2.05, 4.69) is 0 Å². The number of methoxy groups -OCH3 is 2. The van der Waals surface area contributed by atoms with E-state index in [1.807, 2.05) is 0 Å². The number of hydrogen-bond acceptors (Lipinski definition) is 7. The Morgan fingerprint density at radius 3 is 1.97 bits per heavy atom. The summed E-state index contributed by atoms with van der Waals surface area (Å²) in [4.78, 5) is 56.1. The molecule has 0 spiro atoms. The molecule has 4 amide bonds. The fourth-order valence-electron chi connectivity index (χ4n) is 3.71. The summed E-state index contributed by atoms with van der Waals surface area (Å²) in [6.07, 6.45) is -1.47. The van der Waals surface area contributed by atoms with Gasteiger partial charge in [0.2, 0.25) is 0 Å². The summed E-state index contributed by atoms with van der Waals surface area (Å²) in [6.45, 7) is 1.53. The van der Waals surface area contributed by atoms with Crippen LogP contribution in [0.25, 0.3) is 0 Å². The average molecular weight is 412 g/mol. The summed E-state index contributed by atoms with van der Waals surface area (Å²) >= 11 is 0. The Kier molecular flexibility index (Phi) is 5.53. The number of carbonyl (C=O) groups is 2. The minimum atomic E-state index is -0.796. The highest BCUT2D eigenvalue weighted by Gasteiger charge is 2.58. The Morgan fingerprint density at radius 2 is 1.45 bits per heavy atom. The normalized spacial score (nSPS) is 21.5. The van der Waals surface area contributed by atoms with E-state index in [0.717, 1.165) is 15.2 Å². The Bertz CT molecular complexity index is 927. The highest BCUT2D eigenvalue weighted by atomic mass is 16.5. The molecule has 1 N–H and O–H groups in total. The molecule has 2 aliphatic heterocycles. The van der Waals surface area contributed by atoms with Crippen LogP contribution in [0.1, 0.15) is 6.92 Å². The third kappa shape index (κ3) is 3.11. The van der Waals surface area contributed by atoms with E-state index in [1.165, 1.54) is 40.9 Å². The van der Waals surface area contributed by atoms with Gasteiger partial charge in [0.05, 0.1) is 6.07 Å². The molecule has 0 aromatic carbocycles. The van der Waals surface area contributed by atoms with Crippen molar-refractivity contribution in [1.82, 2.24) is 28.7 Å². The number of hydrogen-bond donors (Lipinski definition) is 1. The Labute approximate surface area is 165 Å². The zero-order valence-electron chi connectivity index (χ0n) is 16.6. The van der Waals surface area contributed by atoms with Crippen molar-refractivity contribution in [2.45, 2.75) is 25.9 Å². The standard InChI is InChI=1S/C16H24N6O7/c1-5-18-12-13(22(9-29-4)16(27)21(12)8-28-3)20(15(18)26)7-19-11(24)6-10(23)17(2)14(19)25/h6,12-13,23H,5,7-9H2,1-4H3. The first kappa shape index (κ1) is 20.7. The van der Waals surface area contributed by atoms with Gasteiger partial charge in [-0.05, 0) is 6.92 Å². The number of aromatic hydroxyl groups is 1. The minimum absolute atomic E-state index is 0.0429. The molecule has 13 nitrogen and oxygen atoms in total. The van der Waals surface area contributed by atoms with Crippen LogP contribution in [0.4, 0.5) is 9.59 Å². The molecule has 0 radical (unpaired) electrons. The Hall–Kier alpha value is -3.06. The van der Waals surface area contributed by atoms with E-state index in [-0.39, 0.29) is 13.5 Å². The van der Waals surface area contributed by atoms with Gasteiger partial charge in [0, 0.05) is 27.8 Å². The van der Waals surface area contributed by atoms with Crippen molar-refractivity contribution in [3.63, 3.8) is 0 Å². The van der Waals surface area contributed by atoms with Crippen LogP contribution in [-0.4, -0.2) is 92.5 Å². The highest BCUT2D eigenvalue weighted by Crippen LogP contribution is 2.34. The van der Waals surface area contributed by atoms with Crippen molar-refractivity contribution >= 4 is 12.1 Å². The van der Waals surface area contributed by atoms with E-state index < -0.39 is 48.2 Å². The van der Waals surface area contributed by atoms with Crippen LogP contribution < -0.4 is 11.2 Å². The number of aromatic nitrogens is 2. The zero-order valence-corrected chi connectivity index (χ0v) is 16.6. The third-order valence-electron chi connectivity index (χ3n) is 5.08. The summed E-state index contributed by atoms with van der Waals surface area (Å²) in [7, 11) is 4.16. The van der Waals surface area contributed by atoms with E-state index >= 15 is 0 Å². The van der Waals surface area contributed by atoms with Crippen LogP contribution in [-0.2, 0) is 23.2 Å². The molecule has 3 heterocycles. The van der Waals surface area contributed by atoms with E-state index in [0.29, 0.717) is 6.54 Å². The first-order valence-electron chi connectivity index (χ1n) is 8.90. The maximum absolute atomic E-state index is 13.1. The first-order chi connectivity index (χ1) is 13.8. The summed E-state index contributed by atoms with van der Waals surface area (Å²) in [5.41, 5.74) is -1.55. The van der Waals surface area contributed by atoms with Crippen LogP contribution in [0, 0.1) is 0 Å². The predicted octanol–water partition coefficient (Wildman–Crippen LogP) is -1.43. The Balaban J connectivity index is 2.06. The Morgan fingerprint density at radius 1 is 0.931 bits per heavy atom. The molecule has 160 valence electrons. The lowest BCUT2D eigenvalue weighted by Gasteiger charge is -2.29. The van der Waals surface area contributed by atoms with Crippen molar-refractivity contribution in [3.05, 3.63) is 26.9 Å². The van der Waals surface area contributed by atoms with Crippen LogP contribution in [0.2, 0.25) is 0 Å². The molecule has 3 rings (SSSR count). The number of urea groups is 2. The largest absolute Gasteiger partial charge is 0.494 e. The lowest BCUT2D eigenvalue weighted by Crippen LogP contribution is -2.51. The van der Waals surface area contributed by atoms with Crippen molar-refractivity contribution < 1.29 is 24.2 Å². The predicted molar refractivity (Wildman–Crippen MR) is 97.6 cm³/mol. The number of ether oxygens (including phenoxy) is 2. The van der Waals surface area contributed by atoms with Crippen molar-refractivity contribution in [2.75, 3.05) is 34.2 Å². The molecule has 0 bridgehead atoms. The second-order valence-corrected chi connectivity index (χ2v) is 6.68. The van der Waals surface area contributed by atoms with E-state index in [1.54, 1.807) is 6.92 Å².